The molecule has 12 aromatic rings. The number of benzene rings is 11. The van der Waals surface area contributed by atoms with Crippen molar-refractivity contribution < 1.29 is 4.42 Å². The lowest BCUT2D eigenvalue weighted by Crippen LogP contribution is -2.22. The van der Waals surface area contributed by atoms with Crippen LogP contribution in [-0.2, 0) is 0 Å². The van der Waals surface area contributed by atoms with Gasteiger partial charge in [0.25, 0.3) is 0 Å². The zero-order chi connectivity index (χ0) is 48.2. The van der Waals surface area contributed by atoms with E-state index in [1.165, 1.54) is 50.1 Å². The van der Waals surface area contributed by atoms with Gasteiger partial charge < -0.3 is 4.42 Å². The van der Waals surface area contributed by atoms with Crippen molar-refractivity contribution in [1.29, 1.82) is 0 Å². The molecule has 1 aromatic heterocycles. The zero-order valence-corrected chi connectivity index (χ0v) is 39.9. The van der Waals surface area contributed by atoms with Crippen LogP contribution in [0.25, 0.3) is 111 Å². The summed E-state index contributed by atoms with van der Waals surface area (Å²) < 4.78 is 7.41. The molecule has 342 valence electrons. The third-order valence-electron chi connectivity index (χ3n) is 14.8. The number of nitrogens with zero attached hydrogens (tertiary/aromatic N) is 2. The van der Waals surface area contributed by atoms with Crippen LogP contribution in [0.15, 0.2) is 275 Å². The minimum absolute atomic E-state index is 0.0789. The number of rotatable bonds is 8. The predicted molar refractivity (Wildman–Crippen MR) is 304 cm³/mol. The lowest BCUT2D eigenvalue weighted by molar-refractivity contribution is 0.570. The first-order valence-electron chi connectivity index (χ1n) is 25.1. The fourth-order valence-corrected chi connectivity index (χ4v) is 11.2. The molecule has 2 atom stereocenters. The molecule has 0 amide bonds. The maximum Gasteiger partial charge on any atom is 0.143 e. The van der Waals surface area contributed by atoms with Crippen molar-refractivity contribution in [2.24, 2.45) is 9.98 Å². The molecule has 0 N–H and O–H groups in total. The topological polar surface area (TPSA) is 37.9 Å². The van der Waals surface area contributed by atoms with Crippen LogP contribution in [0.5, 0.6) is 0 Å². The first-order valence-corrected chi connectivity index (χ1v) is 25.1. The number of hydrogen-bond donors (Lipinski definition) is 0. The SMILES string of the molecule is C1=NC2c3ccccc3-c3ccccc3C2N=C1c1cccc(-c2cc(-c3cccc(-c4ccccc4)c3)cc3c2oc2c(-c4cccc(-c5ccccc5)c4)cc(-c4cccc(-c5ccccc5)c4)cc23)c1. The quantitative estimate of drug-likeness (QED) is 0.150. The van der Waals surface area contributed by atoms with Crippen LogP contribution in [-0.4, -0.2) is 11.9 Å². The maximum atomic E-state index is 7.41. The van der Waals surface area contributed by atoms with E-state index in [1.807, 2.05) is 6.21 Å². The van der Waals surface area contributed by atoms with Gasteiger partial charge >= 0.3 is 0 Å². The summed E-state index contributed by atoms with van der Waals surface area (Å²) >= 11 is 0. The number of furan rings is 1. The smallest absolute Gasteiger partial charge is 0.143 e. The molecular weight excluding hydrogens is 885 g/mol. The van der Waals surface area contributed by atoms with Crippen LogP contribution >= 0.6 is 0 Å². The van der Waals surface area contributed by atoms with E-state index in [0.717, 1.165) is 83.3 Å². The molecule has 2 heterocycles. The third-order valence-corrected chi connectivity index (χ3v) is 14.8. The Balaban J connectivity index is 0.985. The average molecular weight is 931 g/mol. The molecule has 73 heavy (non-hydrogen) atoms. The van der Waals surface area contributed by atoms with Crippen molar-refractivity contribution in [2.75, 3.05) is 0 Å². The highest BCUT2D eigenvalue weighted by atomic mass is 16.3. The van der Waals surface area contributed by atoms with Gasteiger partial charge in [-0.2, -0.15) is 0 Å². The molecule has 1 aliphatic heterocycles. The van der Waals surface area contributed by atoms with Crippen LogP contribution in [0.2, 0.25) is 0 Å². The Morgan fingerprint density at radius 3 is 1.10 bits per heavy atom. The summed E-state index contributed by atoms with van der Waals surface area (Å²) in [6.45, 7) is 0. The van der Waals surface area contributed by atoms with Gasteiger partial charge in [-0.15, -0.1) is 0 Å². The minimum Gasteiger partial charge on any atom is -0.455 e. The summed E-state index contributed by atoms with van der Waals surface area (Å²) in [5, 5.41) is 2.11. The van der Waals surface area contributed by atoms with Gasteiger partial charge in [-0.25, -0.2) is 0 Å². The fraction of sp³-hybridized carbons (Fsp3) is 0.0286. The Morgan fingerprint density at radius 2 is 0.616 bits per heavy atom. The van der Waals surface area contributed by atoms with Crippen LogP contribution in [0.3, 0.4) is 0 Å². The highest BCUT2D eigenvalue weighted by Crippen LogP contribution is 2.50. The number of hydrogen-bond acceptors (Lipinski definition) is 3. The molecule has 0 radical (unpaired) electrons. The van der Waals surface area contributed by atoms with Gasteiger partial charge in [0.05, 0.1) is 5.71 Å². The van der Waals surface area contributed by atoms with Crippen molar-refractivity contribution in [3.8, 4) is 89.0 Å². The second kappa shape index (κ2) is 17.8. The Hall–Kier alpha value is -9.44. The van der Waals surface area contributed by atoms with Gasteiger partial charge in [-0.3, -0.25) is 9.98 Å². The van der Waals surface area contributed by atoms with E-state index < -0.39 is 0 Å². The highest BCUT2D eigenvalue weighted by Gasteiger charge is 2.35. The van der Waals surface area contributed by atoms with Gasteiger partial charge in [0, 0.05) is 33.7 Å². The Labute approximate surface area is 424 Å². The molecule has 0 saturated heterocycles. The van der Waals surface area contributed by atoms with E-state index in [-0.39, 0.29) is 12.1 Å². The molecule has 0 bridgehead atoms. The zero-order valence-electron chi connectivity index (χ0n) is 39.9. The molecule has 0 spiro atoms. The summed E-state index contributed by atoms with van der Waals surface area (Å²) in [7, 11) is 0. The molecule has 3 nitrogen and oxygen atoms in total. The fourth-order valence-electron chi connectivity index (χ4n) is 11.2. The van der Waals surface area contributed by atoms with E-state index in [2.05, 4.69) is 261 Å². The molecule has 2 unspecified atom stereocenters. The molecule has 11 aromatic carbocycles. The Morgan fingerprint density at radius 1 is 0.260 bits per heavy atom. The van der Waals surface area contributed by atoms with Crippen molar-refractivity contribution in [1.82, 2.24) is 0 Å². The molecule has 14 rings (SSSR count). The third kappa shape index (κ3) is 7.62. The van der Waals surface area contributed by atoms with Gasteiger partial charge in [0.15, 0.2) is 0 Å². The Bertz CT molecular complexity index is 4150. The first kappa shape index (κ1) is 42.4. The van der Waals surface area contributed by atoms with Crippen molar-refractivity contribution in [3.63, 3.8) is 0 Å². The largest absolute Gasteiger partial charge is 0.455 e. The minimum atomic E-state index is -0.126. The van der Waals surface area contributed by atoms with Crippen LogP contribution in [0.4, 0.5) is 0 Å². The van der Waals surface area contributed by atoms with Crippen molar-refractivity contribution in [3.05, 3.63) is 278 Å². The van der Waals surface area contributed by atoms with Gasteiger partial charge in [-0.05, 0) is 138 Å². The van der Waals surface area contributed by atoms with Gasteiger partial charge in [0.1, 0.15) is 23.2 Å². The lowest BCUT2D eigenvalue weighted by Gasteiger charge is -2.33. The lowest BCUT2D eigenvalue weighted by atomic mass is 9.79. The molecule has 0 fully saturated rings. The second-order valence-corrected chi connectivity index (χ2v) is 19.2. The average Bonchev–Trinajstić information content (AvgIpc) is 3.86. The van der Waals surface area contributed by atoms with Crippen molar-refractivity contribution in [2.45, 2.75) is 12.1 Å². The normalized spacial score (nSPS) is 14.6. The molecule has 1 aliphatic carbocycles. The van der Waals surface area contributed by atoms with Gasteiger partial charge in [-0.1, -0.05) is 212 Å². The monoisotopic (exact) mass is 930 g/mol. The van der Waals surface area contributed by atoms with E-state index in [0.29, 0.717) is 0 Å². The van der Waals surface area contributed by atoms with Crippen LogP contribution in [0, 0.1) is 0 Å². The van der Waals surface area contributed by atoms with Crippen molar-refractivity contribution >= 4 is 33.9 Å². The predicted octanol–water partition coefficient (Wildman–Crippen LogP) is 18.6. The van der Waals surface area contributed by atoms with Gasteiger partial charge in [0.2, 0.25) is 0 Å². The molecule has 3 heteroatoms. The van der Waals surface area contributed by atoms with Crippen LogP contribution in [0.1, 0.15) is 28.8 Å². The summed E-state index contributed by atoms with van der Waals surface area (Å²) in [4.78, 5) is 10.8. The van der Waals surface area contributed by atoms with E-state index in [1.54, 1.807) is 0 Å². The van der Waals surface area contributed by atoms with E-state index in [9.17, 15) is 0 Å². The van der Waals surface area contributed by atoms with E-state index >= 15 is 0 Å². The molecule has 0 saturated carbocycles. The second-order valence-electron chi connectivity index (χ2n) is 19.2. The molecular formula is C70H46N2O. The standard InChI is InChI=1S/C70H46N2O/c1-4-18-45(19-5-1)48-24-14-27-51(36-48)56-40-62(53-29-16-26-50(38-53)47-22-8-3-9-23-47)69-64(42-56)65-43-57(52-28-15-25-49(37-52)46-20-6-2-7-21-46)41-63(70(65)73-69)54-30-17-31-55(39-54)66-44-71-67-60-34-12-10-32-58(60)59-33-11-13-35-61(59)68(67)72-66/h1-44,67-68H. The Kier molecular flexibility index (Phi) is 10.3. The number of aliphatic imine (C=N–C) groups is 2. The summed E-state index contributed by atoms with van der Waals surface area (Å²) in [6.07, 6.45) is 1.98. The maximum absolute atomic E-state index is 7.41. The summed E-state index contributed by atoms with van der Waals surface area (Å²) in [6, 6.07) is 93.7. The number of fused-ring (bicyclic) bond motifs is 9. The highest BCUT2D eigenvalue weighted by molar-refractivity contribution is 6.39. The summed E-state index contributed by atoms with van der Waals surface area (Å²) in [5.74, 6) is 0. The van der Waals surface area contributed by atoms with Crippen LogP contribution < -0.4 is 0 Å². The van der Waals surface area contributed by atoms with E-state index in [4.69, 9.17) is 14.4 Å². The summed E-state index contributed by atoms with van der Waals surface area (Å²) in [5.41, 5.74) is 24.1. The first-order chi connectivity index (χ1) is 36.2. The molecule has 2 aliphatic rings.